The van der Waals surface area contributed by atoms with Crippen LogP contribution in [0, 0.1) is 5.92 Å². The van der Waals surface area contributed by atoms with Crippen molar-refractivity contribution in [3.05, 3.63) is 0 Å². The first-order valence-electron chi connectivity index (χ1n) is 6.92. The van der Waals surface area contributed by atoms with E-state index >= 15 is 0 Å². The van der Waals surface area contributed by atoms with Crippen molar-refractivity contribution in [1.29, 1.82) is 0 Å². The van der Waals surface area contributed by atoms with Gasteiger partial charge in [-0.05, 0) is 12.3 Å². The van der Waals surface area contributed by atoms with Crippen molar-refractivity contribution in [2.45, 2.75) is 18.9 Å². The Morgan fingerprint density at radius 2 is 2.14 bits per heavy atom. The van der Waals surface area contributed by atoms with Crippen molar-refractivity contribution < 1.29 is 23.1 Å². The van der Waals surface area contributed by atoms with Crippen LogP contribution in [0.4, 0.5) is 4.79 Å². The van der Waals surface area contributed by atoms with Crippen LogP contribution in [-0.4, -0.2) is 72.6 Å². The van der Waals surface area contributed by atoms with Crippen LogP contribution < -0.4 is 5.32 Å². The Labute approximate surface area is 128 Å². The molecule has 2 amide bonds. The minimum absolute atomic E-state index is 0.0314. The molecule has 0 saturated carbocycles. The number of aliphatic carboxylic acids is 1. The molecule has 0 spiro atoms. The van der Waals surface area contributed by atoms with E-state index in [2.05, 4.69) is 5.32 Å². The second kappa shape index (κ2) is 6.87. The second-order valence-electron chi connectivity index (χ2n) is 5.48. The van der Waals surface area contributed by atoms with Crippen LogP contribution in [0.1, 0.15) is 12.8 Å². The van der Waals surface area contributed by atoms with Crippen molar-refractivity contribution in [3.8, 4) is 0 Å². The largest absolute Gasteiger partial charge is 0.481 e. The number of urea groups is 1. The summed E-state index contributed by atoms with van der Waals surface area (Å²) in [5.74, 6) is 0.786. The maximum atomic E-state index is 12.2. The maximum absolute atomic E-state index is 12.2. The Bertz CT molecular complexity index is 508. The van der Waals surface area contributed by atoms with E-state index in [-0.39, 0.29) is 35.9 Å². The van der Waals surface area contributed by atoms with Crippen molar-refractivity contribution >= 4 is 33.6 Å². The summed E-state index contributed by atoms with van der Waals surface area (Å²) in [6.07, 6.45) is 0.523. The number of sulfone groups is 1. The van der Waals surface area contributed by atoms with Gasteiger partial charge in [0, 0.05) is 24.6 Å². The molecule has 2 rings (SSSR count). The van der Waals surface area contributed by atoms with Gasteiger partial charge in [-0.2, -0.15) is 11.8 Å². The molecular formula is C12H20N2O5S2. The van der Waals surface area contributed by atoms with E-state index in [0.29, 0.717) is 25.3 Å². The number of nitrogens with zero attached hydrogens (tertiary/aromatic N) is 1. The van der Waals surface area contributed by atoms with Crippen molar-refractivity contribution in [2.24, 2.45) is 5.92 Å². The average molecular weight is 336 g/mol. The van der Waals surface area contributed by atoms with E-state index in [4.69, 9.17) is 5.11 Å². The summed E-state index contributed by atoms with van der Waals surface area (Å²) < 4.78 is 22.7. The highest BCUT2D eigenvalue weighted by Crippen LogP contribution is 2.20. The Balaban J connectivity index is 1.85. The van der Waals surface area contributed by atoms with E-state index in [1.165, 1.54) is 0 Å². The predicted molar refractivity (Wildman–Crippen MR) is 80.2 cm³/mol. The Morgan fingerprint density at radius 1 is 1.38 bits per heavy atom. The van der Waals surface area contributed by atoms with Gasteiger partial charge in [-0.15, -0.1) is 0 Å². The van der Waals surface area contributed by atoms with E-state index in [0.717, 1.165) is 5.75 Å². The number of hydrogen-bond donors (Lipinski definition) is 2. The molecule has 0 aromatic carbocycles. The van der Waals surface area contributed by atoms with Gasteiger partial charge in [0.2, 0.25) is 0 Å². The highest BCUT2D eigenvalue weighted by Gasteiger charge is 2.31. The third-order valence-electron chi connectivity index (χ3n) is 3.77. The first-order chi connectivity index (χ1) is 9.87. The molecule has 0 bridgehead atoms. The molecule has 7 nitrogen and oxygen atoms in total. The van der Waals surface area contributed by atoms with Gasteiger partial charge < -0.3 is 15.3 Å². The lowest BCUT2D eigenvalue weighted by atomic mass is 10.1. The van der Waals surface area contributed by atoms with Crippen molar-refractivity contribution in [3.63, 3.8) is 0 Å². The molecular weight excluding hydrogens is 316 g/mol. The van der Waals surface area contributed by atoms with Gasteiger partial charge in [-0.3, -0.25) is 4.79 Å². The Kier molecular flexibility index (Phi) is 5.37. The molecule has 2 atom stereocenters. The molecule has 2 saturated heterocycles. The minimum Gasteiger partial charge on any atom is -0.481 e. The fourth-order valence-corrected chi connectivity index (χ4v) is 5.58. The van der Waals surface area contributed by atoms with E-state index in [1.807, 2.05) is 0 Å². The molecule has 120 valence electrons. The monoisotopic (exact) mass is 336 g/mol. The molecule has 0 radical (unpaired) electrons. The number of rotatable bonds is 4. The number of carbonyl (C=O) groups excluding carboxylic acids is 1. The van der Waals surface area contributed by atoms with Crippen LogP contribution in [0.5, 0.6) is 0 Å². The SMILES string of the molecule is O=C(O)CC1CSCCN1C(=O)NCC1CCS(=O)(=O)C1. The quantitative estimate of drug-likeness (QED) is 0.750. The molecule has 0 aromatic heterocycles. The number of carboxylic acid groups (broad SMARTS) is 1. The molecule has 2 fully saturated rings. The van der Waals surface area contributed by atoms with Crippen LogP contribution >= 0.6 is 11.8 Å². The zero-order valence-electron chi connectivity index (χ0n) is 11.7. The number of carboxylic acids is 1. The lowest BCUT2D eigenvalue weighted by Gasteiger charge is -2.34. The number of nitrogens with one attached hydrogen (secondary N) is 1. The van der Waals surface area contributed by atoms with Gasteiger partial charge in [-0.25, -0.2) is 13.2 Å². The van der Waals surface area contributed by atoms with Crippen LogP contribution in [0.25, 0.3) is 0 Å². The molecule has 2 aliphatic heterocycles. The summed E-state index contributed by atoms with van der Waals surface area (Å²) in [6.45, 7) is 0.860. The first kappa shape index (κ1) is 16.4. The van der Waals surface area contributed by atoms with E-state index < -0.39 is 15.8 Å². The zero-order valence-corrected chi connectivity index (χ0v) is 13.3. The molecule has 2 unspecified atom stereocenters. The predicted octanol–water partition coefficient (Wildman–Crippen LogP) is 0.0228. The van der Waals surface area contributed by atoms with Crippen LogP contribution in [0.3, 0.4) is 0 Å². The van der Waals surface area contributed by atoms with Crippen molar-refractivity contribution in [2.75, 3.05) is 36.1 Å². The summed E-state index contributed by atoms with van der Waals surface area (Å²) in [5.41, 5.74) is 0. The molecule has 0 aliphatic carbocycles. The summed E-state index contributed by atoms with van der Waals surface area (Å²) in [4.78, 5) is 24.6. The molecule has 9 heteroatoms. The third-order valence-corrected chi connectivity index (χ3v) is 6.70. The third kappa shape index (κ3) is 4.77. The second-order valence-corrected chi connectivity index (χ2v) is 8.85. The van der Waals surface area contributed by atoms with E-state index in [9.17, 15) is 18.0 Å². The van der Waals surface area contributed by atoms with Gasteiger partial charge in [0.1, 0.15) is 0 Å². The average Bonchev–Trinajstić information content (AvgIpc) is 2.75. The van der Waals surface area contributed by atoms with Gasteiger partial charge in [0.25, 0.3) is 0 Å². The first-order valence-corrected chi connectivity index (χ1v) is 9.89. The van der Waals surface area contributed by atoms with Crippen LogP contribution in [-0.2, 0) is 14.6 Å². The molecule has 2 heterocycles. The Hall–Kier alpha value is -0.960. The molecule has 2 aliphatic rings. The lowest BCUT2D eigenvalue weighted by Crippen LogP contribution is -2.52. The normalized spacial score (nSPS) is 28.3. The number of amides is 2. The highest BCUT2D eigenvalue weighted by atomic mass is 32.2. The topological polar surface area (TPSA) is 104 Å². The Morgan fingerprint density at radius 3 is 2.76 bits per heavy atom. The molecule has 0 aromatic rings. The summed E-state index contributed by atoms with van der Waals surface area (Å²) in [5, 5.41) is 11.6. The number of hydrogen-bond acceptors (Lipinski definition) is 5. The standard InChI is InChI=1S/C12H20N2O5S2/c15-11(16)5-10-7-20-3-2-14(10)12(17)13-6-9-1-4-21(18,19)8-9/h9-10H,1-8H2,(H,13,17)(H,15,16). The minimum atomic E-state index is -2.94. The molecule has 2 N–H and O–H groups in total. The van der Waals surface area contributed by atoms with E-state index in [1.54, 1.807) is 16.7 Å². The van der Waals surface area contributed by atoms with Gasteiger partial charge in [-0.1, -0.05) is 0 Å². The zero-order chi connectivity index (χ0) is 15.5. The highest BCUT2D eigenvalue weighted by molar-refractivity contribution is 7.99. The number of thioether (sulfide) groups is 1. The fraction of sp³-hybridized carbons (Fsp3) is 0.833. The van der Waals surface area contributed by atoms with Gasteiger partial charge in [0.15, 0.2) is 9.84 Å². The fourth-order valence-electron chi connectivity index (χ4n) is 2.66. The van der Waals surface area contributed by atoms with Crippen LogP contribution in [0.2, 0.25) is 0 Å². The van der Waals surface area contributed by atoms with Gasteiger partial charge in [0.05, 0.1) is 24.0 Å². The number of carbonyl (C=O) groups is 2. The van der Waals surface area contributed by atoms with Gasteiger partial charge >= 0.3 is 12.0 Å². The van der Waals surface area contributed by atoms with Crippen molar-refractivity contribution in [1.82, 2.24) is 10.2 Å². The summed E-state index contributed by atoms with van der Waals surface area (Å²) in [7, 11) is -2.94. The maximum Gasteiger partial charge on any atom is 0.317 e. The smallest absolute Gasteiger partial charge is 0.317 e. The summed E-state index contributed by atoms with van der Waals surface area (Å²) >= 11 is 1.64. The summed E-state index contributed by atoms with van der Waals surface area (Å²) in [6, 6.07) is -0.584. The van der Waals surface area contributed by atoms with Crippen LogP contribution in [0.15, 0.2) is 0 Å². The lowest BCUT2D eigenvalue weighted by molar-refractivity contribution is -0.138. The molecule has 21 heavy (non-hydrogen) atoms.